The van der Waals surface area contributed by atoms with Gasteiger partial charge in [-0.3, -0.25) is 32.3 Å². The topological polar surface area (TPSA) is 192 Å². The van der Waals surface area contributed by atoms with Crippen LogP contribution in [-0.2, 0) is 48.9 Å². The van der Waals surface area contributed by atoms with Gasteiger partial charge < -0.3 is 18.9 Å². The molecule has 1 aromatic heterocycles. The van der Waals surface area contributed by atoms with Crippen LogP contribution in [0.5, 0.6) is 0 Å². The summed E-state index contributed by atoms with van der Waals surface area (Å²) in [4.78, 5) is 38.7. The molecule has 38 heavy (non-hydrogen) atoms. The van der Waals surface area contributed by atoms with Crippen molar-refractivity contribution in [1.82, 2.24) is 9.13 Å². The average Bonchev–Trinajstić information content (AvgIpc) is 3.47. The predicted octanol–water partition coefficient (Wildman–Crippen LogP) is 1.77. The number of carbonyl (C=O) groups is 1. The maximum atomic E-state index is 13.7. The molecule has 16 nitrogen and oxygen atoms in total. The van der Waals surface area contributed by atoms with E-state index in [1.807, 2.05) is 0 Å². The summed E-state index contributed by atoms with van der Waals surface area (Å²) in [5, 5.41) is 3.56. The highest BCUT2D eigenvalue weighted by Gasteiger charge is 2.52. The molecule has 2 aliphatic heterocycles. The number of rotatable bonds is 13. The zero-order chi connectivity index (χ0) is 27.9. The van der Waals surface area contributed by atoms with Crippen molar-refractivity contribution in [3.8, 4) is 0 Å². The van der Waals surface area contributed by atoms with Crippen molar-refractivity contribution in [3.05, 3.63) is 43.5 Å². The number of aromatic nitrogens is 2. The molecule has 2 saturated heterocycles. The van der Waals surface area contributed by atoms with Gasteiger partial charge in [-0.15, -0.1) is 0 Å². The first-order chi connectivity index (χ1) is 18.0. The van der Waals surface area contributed by atoms with Crippen LogP contribution in [0.1, 0.15) is 39.8 Å². The summed E-state index contributed by atoms with van der Waals surface area (Å²) in [6, 6.07) is 1.18. The Hall–Kier alpha value is -2.55. The number of esters is 1. The normalized spacial score (nSPS) is 26.7. The molecule has 17 heteroatoms. The van der Waals surface area contributed by atoms with Gasteiger partial charge in [0.25, 0.3) is 5.56 Å². The Balaban J connectivity index is 1.99. The average molecular weight is 561 g/mol. The summed E-state index contributed by atoms with van der Waals surface area (Å²) < 4.78 is 55.1. The Labute approximate surface area is 217 Å². The van der Waals surface area contributed by atoms with Gasteiger partial charge in [0.05, 0.1) is 25.4 Å². The zero-order valence-electron chi connectivity index (χ0n) is 21.5. The standard InChI is InChI=1S/C21H32N5O11P/c1-13(2)36-38(30,33-11-10-31-14(3)27)37-18-15(12-23-24-22)34-20(19(18)35-17-6-5-9-32-17)26-8-7-16(28)25(4)21(26)29/h7-8,13,15,17-20H,5-6,9-12H2,1-4H3/t15-,17?,18?,19+,20-,38?/m1/s1. The minimum absolute atomic E-state index is 0.209. The second-order valence-corrected chi connectivity index (χ2v) is 10.3. The smallest absolute Gasteiger partial charge is 0.463 e. The van der Waals surface area contributed by atoms with Gasteiger partial charge in [-0.2, -0.15) is 0 Å². The van der Waals surface area contributed by atoms with Crippen LogP contribution >= 0.6 is 7.82 Å². The largest absolute Gasteiger partial charge is 0.475 e. The third-order valence-corrected chi connectivity index (χ3v) is 7.21. The molecule has 6 atom stereocenters. The van der Waals surface area contributed by atoms with E-state index in [1.165, 1.54) is 26.2 Å². The lowest BCUT2D eigenvalue weighted by Gasteiger charge is -2.30. The molecule has 3 rings (SSSR count). The summed E-state index contributed by atoms with van der Waals surface area (Å²) in [6.07, 6.45) is -3.40. The van der Waals surface area contributed by atoms with Gasteiger partial charge in [0.1, 0.15) is 18.8 Å². The number of hydrogen-bond donors (Lipinski definition) is 0. The second kappa shape index (κ2) is 13.5. The van der Waals surface area contributed by atoms with E-state index in [2.05, 4.69) is 10.0 Å². The van der Waals surface area contributed by atoms with Crippen LogP contribution in [0, 0.1) is 0 Å². The summed E-state index contributed by atoms with van der Waals surface area (Å²) in [6.45, 7) is 4.09. The van der Waals surface area contributed by atoms with Gasteiger partial charge in [0.15, 0.2) is 12.5 Å². The number of hydrogen-bond acceptors (Lipinski definition) is 12. The minimum Gasteiger partial charge on any atom is -0.463 e. The summed E-state index contributed by atoms with van der Waals surface area (Å²) in [5.41, 5.74) is 7.68. The monoisotopic (exact) mass is 561 g/mol. The van der Waals surface area contributed by atoms with E-state index < -0.39 is 62.0 Å². The van der Waals surface area contributed by atoms with Crippen molar-refractivity contribution in [2.75, 3.05) is 26.4 Å². The Kier molecular flexibility index (Phi) is 10.7. The van der Waals surface area contributed by atoms with Crippen LogP contribution in [0.25, 0.3) is 10.4 Å². The summed E-state index contributed by atoms with van der Waals surface area (Å²) in [7, 11) is -3.05. The van der Waals surface area contributed by atoms with E-state index >= 15 is 0 Å². The third-order valence-electron chi connectivity index (χ3n) is 5.53. The molecule has 0 radical (unpaired) electrons. The number of nitrogens with zero attached hydrogens (tertiary/aromatic N) is 5. The van der Waals surface area contributed by atoms with Crippen LogP contribution in [0.15, 0.2) is 27.0 Å². The molecule has 0 bridgehead atoms. The SMILES string of the molecule is CC(=O)OCCOP(=O)(OC(C)C)OC1[C@@H](CN=[N+]=[N-])O[C@@H](n2ccc(=O)n(C)c2=O)[C@H]1OC1CCCO1. The van der Waals surface area contributed by atoms with E-state index in [0.29, 0.717) is 13.0 Å². The molecule has 2 fully saturated rings. The molecule has 212 valence electrons. The Morgan fingerprint density at radius 3 is 2.71 bits per heavy atom. The van der Waals surface area contributed by atoms with E-state index in [4.69, 9.17) is 38.0 Å². The molecule has 0 N–H and O–H groups in total. The van der Waals surface area contributed by atoms with Crippen LogP contribution < -0.4 is 11.2 Å². The molecular formula is C21H32N5O11P. The lowest BCUT2D eigenvalue weighted by molar-refractivity contribution is -0.182. The summed E-state index contributed by atoms with van der Waals surface area (Å²) in [5.74, 6) is -0.552. The van der Waals surface area contributed by atoms with Crippen LogP contribution in [-0.4, -0.2) is 72.2 Å². The highest BCUT2D eigenvalue weighted by molar-refractivity contribution is 7.48. The minimum atomic E-state index is -4.35. The fourth-order valence-electron chi connectivity index (χ4n) is 3.91. The van der Waals surface area contributed by atoms with E-state index in [1.54, 1.807) is 13.8 Å². The maximum Gasteiger partial charge on any atom is 0.475 e. The quantitative estimate of drug-likeness (QED) is 0.0851. The van der Waals surface area contributed by atoms with Crippen LogP contribution in [0.2, 0.25) is 0 Å². The Bertz CT molecular complexity index is 1170. The number of carbonyl (C=O) groups excluding carboxylic acids is 1. The lowest BCUT2D eigenvalue weighted by Crippen LogP contribution is -2.44. The molecule has 3 unspecified atom stereocenters. The fraction of sp³-hybridized carbons (Fsp3) is 0.762. The fourth-order valence-corrected chi connectivity index (χ4v) is 5.45. The molecule has 1 aromatic rings. The number of phosphoric acid groups is 1. The van der Waals surface area contributed by atoms with Gasteiger partial charge >= 0.3 is 19.5 Å². The first kappa shape index (κ1) is 30.0. The van der Waals surface area contributed by atoms with Gasteiger partial charge in [0, 0.05) is 44.2 Å². The van der Waals surface area contributed by atoms with E-state index in [9.17, 15) is 18.9 Å². The first-order valence-corrected chi connectivity index (χ1v) is 13.5. The van der Waals surface area contributed by atoms with E-state index in [-0.39, 0.29) is 19.8 Å². The molecule has 0 aromatic carbocycles. The van der Waals surface area contributed by atoms with Gasteiger partial charge in [-0.1, -0.05) is 5.11 Å². The zero-order valence-corrected chi connectivity index (χ0v) is 22.4. The van der Waals surface area contributed by atoms with Crippen LogP contribution in [0.4, 0.5) is 0 Å². The van der Waals surface area contributed by atoms with Gasteiger partial charge in [-0.05, 0) is 25.8 Å². The van der Waals surface area contributed by atoms with Crippen molar-refractivity contribution in [2.24, 2.45) is 12.2 Å². The van der Waals surface area contributed by atoms with Crippen molar-refractivity contribution in [2.45, 2.75) is 70.5 Å². The number of ether oxygens (including phenoxy) is 4. The molecule has 0 aliphatic carbocycles. The molecule has 2 aliphatic rings. The van der Waals surface area contributed by atoms with Crippen molar-refractivity contribution < 1.29 is 41.9 Å². The molecule has 0 spiro atoms. The maximum absolute atomic E-state index is 13.7. The lowest BCUT2D eigenvalue weighted by atomic mass is 10.1. The molecule has 0 saturated carbocycles. The van der Waals surface area contributed by atoms with Gasteiger partial charge in [0.2, 0.25) is 0 Å². The van der Waals surface area contributed by atoms with E-state index in [0.717, 1.165) is 15.6 Å². The molecule has 3 heterocycles. The predicted molar refractivity (Wildman–Crippen MR) is 129 cm³/mol. The third kappa shape index (κ3) is 7.74. The Morgan fingerprint density at radius 1 is 1.32 bits per heavy atom. The first-order valence-electron chi connectivity index (χ1n) is 12.0. The number of phosphoric ester groups is 1. The van der Waals surface area contributed by atoms with Crippen LogP contribution in [0.3, 0.4) is 0 Å². The molecule has 0 amide bonds. The Morgan fingerprint density at radius 2 is 2.08 bits per heavy atom. The number of azide groups is 1. The highest BCUT2D eigenvalue weighted by atomic mass is 31.2. The van der Waals surface area contributed by atoms with Gasteiger partial charge in [-0.25, -0.2) is 9.36 Å². The van der Waals surface area contributed by atoms with Crippen molar-refractivity contribution in [1.29, 1.82) is 0 Å². The molecular weight excluding hydrogens is 529 g/mol. The summed E-state index contributed by atoms with van der Waals surface area (Å²) >= 11 is 0. The van der Waals surface area contributed by atoms with Crippen molar-refractivity contribution >= 4 is 13.8 Å². The van der Waals surface area contributed by atoms with Crippen molar-refractivity contribution in [3.63, 3.8) is 0 Å². The highest BCUT2D eigenvalue weighted by Crippen LogP contribution is 2.54. The second-order valence-electron chi connectivity index (χ2n) is 8.77.